The fourth-order valence-corrected chi connectivity index (χ4v) is 3.68. The quantitative estimate of drug-likeness (QED) is 0.738. The van der Waals surface area contributed by atoms with Crippen LogP contribution in [0.3, 0.4) is 0 Å². The fraction of sp³-hybridized carbons (Fsp3) is 0.238. The zero-order valence-corrected chi connectivity index (χ0v) is 13.0. The molecule has 2 aliphatic rings. The largest absolute Gasteiger partial charge is 0.370 e. The van der Waals surface area contributed by atoms with E-state index < -0.39 is 0 Å². The second-order valence-electron chi connectivity index (χ2n) is 6.00. The summed E-state index contributed by atoms with van der Waals surface area (Å²) in [5.74, 6) is 0.477. The SMILES string of the molecule is CCOC1C=C(C2=CC(C)c3ccccc32)c2ccccc21. The van der Waals surface area contributed by atoms with Crippen molar-refractivity contribution in [3.63, 3.8) is 0 Å². The number of fused-ring (bicyclic) bond motifs is 2. The van der Waals surface area contributed by atoms with E-state index in [4.69, 9.17) is 4.74 Å². The van der Waals surface area contributed by atoms with Gasteiger partial charge in [0.25, 0.3) is 0 Å². The maximum absolute atomic E-state index is 5.93. The van der Waals surface area contributed by atoms with Crippen LogP contribution in [0.4, 0.5) is 0 Å². The Labute approximate surface area is 131 Å². The zero-order valence-electron chi connectivity index (χ0n) is 13.0. The molecular weight excluding hydrogens is 268 g/mol. The summed E-state index contributed by atoms with van der Waals surface area (Å²) in [6, 6.07) is 17.4. The molecule has 1 heteroatoms. The van der Waals surface area contributed by atoms with E-state index in [1.165, 1.54) is 33.4 Å². The molecule has 110 valence electrons. The Morgan fingerprint density at radius 3 is 2.14 bits per heavy atom. The van der Waals surface area contributed by atoms with Gasteiger partial charge in [0.1, 0.15) is 6.10 Å². The second-order valence-corrected chi connectivity index (χ2v) is 6.00. The maximum atomic E-state index is 5.93. The number of hydrogen-bond acceptors (Lipinski definition) is 1. The third-order valence-electron chi connectivity index (χ3n) is 4.67. The summed E-state index contributed by atoms with van der Waals surface area (Å²) in [6.45, 7) is 5.06. The van der Waals surface area contributed by atoms with Crippen LogP contribution in [-0.4, -0.2) is 6.61 Å². The summed E-state index contributed by atoms with van der Waals surface area (Å²) in [7, 11) is 0. The van der Waals surface area contributed by atoms with Gasteiger partial charge in [-0.15, -0.1) is 0 Å². The van der Waals surface area contributed by atoms with Crippen LogP contribution in [0.25, 0.3) is 11.1 Å². The van der Waals surface area contributed by atoms with Crippen LogP contribution in [-0.2, 0) is 4.74 Å². The molecule has 0 N–H and O–H groups in total. The summed E-state index contributed by atoms with van der Waals surface area (Å²) in [5, 5.41) is 0. The van der Waals surface area contributed by atoms with Crippen LogP contribution in [0.1, 0.15) is 48.1 Å². The standard InChI is InChI=1S/C21H20O/c1-3-22-21-13-20(17-10-6-7-11-18(17)21)19-12-14(2)15-8-4-5-9-16(15)19/h4-14,21H,3H2,1-2H3. The summed E-state index contributed by atoms with van der Waals surface area (Å²) in [5.41, 5.74) is 8.08. The topological polar surface area (TPSA) is 9.23 Å². The van der Waals surface area contributed by atoms with Gasteiger partial charge in [0, 0.05) is 12.5 Å². The van der Waals surface area contributed by atoms with Crippen molar-refractivity contribution in [1.82, 2.24) is 0 Å². The average molecular weight is 288 g/mol. The minimum absolute atomic E-state index is 0.0835. The third kappa shape index (κ3) is 1.97. The lowest BCUT2D eigenvalue weighted by Gasteiger charge is -2.10. The molecule has 22 heavy (non-hydrogen) atoms. The minimum Gasteiger partial charge on any atom is -0.370 e. The van der Waals surface area contributed by atoms with E-state index in [1.807, 2.05) is 0 Å². The number of allylic oxidation sites excluding steroid dienone is 3. The van der Waals surface area contributed by atoms with Crippen molar-refractivity contribution >= 4 is 11.1 Å². The molecule has 2 aromatic rings. The molecule has 2 atom stereocenters. The third-order valence-corrected chi connectivity index (χ3v) is 4.67. The van der Waals surface area contributed by atoms with Gasteiger partial charge in [-0.1, -0.05) is 61.5 Å². The van der Waals surface area contributed by atoms with Crippen LogP contribution in [0.15, 0.2) is 60.7 Å². The minimum atomic E-state index is 0.0835. The monoisotopic (exact) mass is 288 g/mol. The van der Waals surface area contributed by atoms with Crippen molar-refractivity contribution < 1.29 is 4.74 Å². The van der Waals surface area contributed by atoms with Gasteiger partial charge in [0.15, 0.2) is 0 Å². The van der Waals surface area contributed by atoms with Gasteiger partial charge in [-0.2, -0.15) is 0 Å². The summed E-state index contributed by atoms with van der Waals surface area (Å²) >= 11 is 0. The van der Waals surface area contributed by atoms with E-state index in [9.17, 15) is 0 Å². The normalized spacial score (nSPS) is 22.1. The predicted molar refractivity (Wildman–Crippen MR) is 91.6 cm³/mol. The summed E-state index contributed by atoms with van der Waals surface area (Å²) in [6.07, 6.45) is 4.76. The molecule has 0 saturated carbocycles. The van der Waals surface area contributed by atoms with E-state index in [-0.39, 0.29) is 6.10 Å². The van der Waals surface area contributed by atoms with Crippen LogP contribution in [0.2, 0.25) is 0 Å². The number of ether oxygens (including phenoxy) is 1. The molecular formula is C21H20O. The Hall–Kier alpha value is -2.12. The Morgan fingerprint density at radius 1 is 0.818 bits per heavy atom. The van der Waals surface area contributed by atoms with Crippen molar-refractivity contribution in [2.75, 3.05) is 6.61 Å². The van der Waals surface area contributed by atoms with Crippen molar-refractivity contribution in [1.29, 1.82) is 0 Å². The molecule has 0 fully saturated rings. The lowest BCUT2D eigenvalue weighted by molar-refractivity contribution is 0.0989. The first-order valence-electron chi connectivity index (χ1n) is 8.03. The van der Waals surface area contributed by atoms with Crippen LogP contribution < -0.4 is 0 Å². The molecule has 0 amide bonds. The molecule has 0 saturated heterocycles. The lowest BCUT2D eigenvalue weighted by Crippen LogP contribution is -1.98. The Bertz CT molecular complexity index is 782. The number of hydrogen-bond donors (Lipinski definition) is 0. The maximum Gasteiger partial charge on any atom is 0.102 e. The molecule has 2 aliphatic carbocycles. The highest BCUT2D eigenvalue weighted by atomic mass is 16.5. The van der Waals surface area contributed by atoms with Crippen molar-refractivity contribution in [2.45, 2.75) is 25.9 Å². The van der Waals surface area contributed by atoms with Crippen molar-refractivity contribution in [3.05, 3.63) is 82.9 Å². The van der Waals surface area contributed by atoms with Crippen LogP contribution in [0.5, 0.6) is 0 Å². The molecule has 0 radical (unpaired) electrons. The molecule has 2 aromatic carbocycles. The molecule has 0 aliphatic heterocycles. The number of benzene rings is 2. The van der Waals surface area contributed by atoms with Crippen LogP contribution >= 0.6 is 0 Å². The van der Waals surface area contributed by atoms with E-state index >= 15 is 0 Å². The highest BCUT2D eigenvalue weighted by molar-refractivity contribution is 6.09. The van der Waals surface area contributed by atoms with E-state index in [2.05, 4.69) is 74.5 Å². The molecule has 4 rings (SSSR count). The highest BCUT2D eigenvalue weighted by Gasteiger charge is 2.29. The molecule has 0 bridgehead atoms. The molecule has 0 aromatic heterocycles. The number of rotatable bonds is 3. The van der Waals surface area contributed by atoms with E-state index in [0.29, 0.717) is 5.92 Å². The first kappa shape index (κ1) is 13.5. The van der Waals surface area contributed by atoms with Crippen LogP contribution in [0, 0.1) is 0 Å². The second kappa shape index (κ2) is 5.26. The smallest absolute Gasteiger partial charge is 0.102 e. The van der Waals surface area contributed by atoms with Gasteiger partial charge in [-0.3, -0.25) is 0 Å². The Morgan fingerprint density at radius 2 is 1.41 bits per heavy atom. The van der Waals surface area contributed by atoms with Crippen molar-refractivity contribution in [2.24, 2.45) is 0 Å². The van der Waals surface area contributed by atoms with Gasteiger partial charge in [-0.25, -0.2) is 0 Å². The van der Waals surface area contributed by atoms with Gasteiger partial charge >= 0.3 is 0 Å². The summed E-state index contributed by atoms with van der Waals surface area (Å²) < 4.78 is 5.93. The zero-order chi connectivity index (χ0) is 15.1. The van der Waals surface area contributed by atoms with Gasteiger partial charge < -0.3 is 4.74 Å². The predicted octanol–water partition coefficient (Wildman–Crippen LogP) is 5.36. The van der Waals surface area contributed by atoms with Gasteiger partial charge in [0.05, 0.1) is 0 Å². The Balaban J connectivity index is 1.84. The molecule has 1 nitrogen and oxygen atoms in total. The van der Waals surface area contributed by atoms with E-state index in [1.54, 1.807) is 0 Å². The molecule has 0 heterocycles. The fourth-order valence-electron chi connectivity index (χ4n) is 3.68. The molecule has 0 spiro atoms. The highest BCUT2D eigenvalue weighted by Crippen LogP contribution is 2.48. The van der Waals surface area contributed by atoms with Gasteiger partial charge in [0.2, 0.25) is 0 Å². The lowest BCUT2D eigenvalue weighted by atomic mass is 9.95. The van der Waals surface area contributed by atoms with Gasteiger partial charge in [-0.05, 0) is 46.4 Å². The molecule has 2 unspecified atom stereocenters. The van der Waals surface area contributed by atoms with Crippen molar-refractivity contribution in [3.8, 4) is 0 Å². The van der Waals surface area contributed by atoms with E-state index in [0.717, 1.165) is 6.61 Å². The summed E-state index contributed by atoms with van der Waals surface area (Å²) in [4.78, 5) is 0. The Kier molecular flexibility index (Phi) is 3.24. The first-order chi connectivity index (χ1) is 10.8. The first-order valence-corrected chi connectivity index (χ1v) is 8.03. The average Bonchev–Trinajstić information content (AvgIpc) is 3.07.